The number of benzene rings is 2. The summed E-state index contributed by atoms with van der Waals surface area (Å²) in [4.78, 5) is 12.2. The van der Waals surface area contributed by atoms with E-state index in [1.165, 1.54) is 12.1 Å². The van der Waals surface area contributed by atoms with Gasteiger partial charge in [0, 0.05) is 4.47 Å². The molecule has 0 aliphatic heterocycles. The van der Waals surface area contributed by atoms with Gasteiger partial charge in [0.2, 0.25) is 0 Å². The van der Waals surface area contributed by atoms with Crippen LogP contribution in [0.4, 0.5) is 13.2 Å². The molecule has 6 heteroatoms. The number of ketones is 1. The number of hydrogen-bond acceptors (Lipinski definition) is 2. The van der Waals surface area contributed by atoms with Crippen LogP contribution in [0.5, 0.6) is 0 Å². The van der Waals surface area contributed by atoms with Crippen molar-refractivity contribution in [3.05, 3.63) is 69.4 Å². The quantitative estimate of drug-likeness (QED) is 0.769. The van der Waals surface area contributed by atoms with Crippen molar-refractivity contribution in [3.63, 3.8) is 0 Å². The van der Waals surface area contributed by atoms with Gasteiger partial charge in [-0.2, -0.15) is 5.26 Å². The molecule has 0 heterocycles. The molecule has 21 heavy (non-hydrogen) atoms. The monoisotopic (exact) mass is 353 g/mol. The first-order chi connectivity index (χ1) is 9.93. The van der Waals surface area contributed by atoms with Gasteiger partial charge in [0.05, 0.1) is 11.6 Å². The highest BCUT2D eigenvalue weighted by Gasteiger charge is 2.27. The molecule has 0 saturated heterocycles. The van der Waals surface area contributed by atoms with Crippen molar-refractivity contribution in [3.8, 4) is 6.07 Å². The van der Waals surface area contributed by atoms with Crippen LogP contribution in [0.15, 0.2) is 40.9 Å². The van der Waals surface area contributed by atoms with Crippen LogP contribution < -0.4 is 0 Å². The maximum atomic E-state index is 13.8. The van der Waals surface area contributed by atoms with Crippen LogP contribution in [-0.4, -0.2) is 5.78 Å². The second-order valence-electron chi connectivity index (χ2n) is 4.23. The number of Topliss-reactive ketones (excluding diaryl/α,β-unsaturated/α-hetero) is 1. The van der Waals surface area contributed by atoms with E-state index < -0.39 is 34.7 Å². The van der Waals surface area contributed by atoms with Gasteiger partial charge >= 0.3 is 0 Å². The minimum absolute atomic E-state index is 0.0456. The summed E-state index contributed by atoms with van der Waals surface area (Å²) in [5.41, 5.74) is -0.766. The van der Waals surface area contributed by atoms with Crippen molar-refractivity contribution >= 4 is 21.7 Å². The Hall–Kier alpha value is -2.13. The number of nitriles is 1. The third kappa shape index (κ3) is 3.14. The number of carbonyl (C=O) groups excluding carboxylic acids is 1. The number of halogens is 4. The molecule has 0 aromatic heterocycles. The molecule has 0 bridgehead atoms. The molecule has 106 valence electrons. The lowest BCUT2D eigenvalue weighted by molar-refractivity contribution is 0.0970. The first kappa shape index (κ1) is 15.3. The second-order valence-corrected chi connectivity index (χ2v) is 5.14. The molecule has 0 amide bonds. The molecule has 2 aromatic carbocycles. The van der Waals surface area contributed by atoms with Crippen LogP contribution >= 0.6 is 15.9 Å². The Morgan fingerprint density at radius 2 is 1.76 bits per heavy atom. The van der Waals surface area contributed by atoms with E-state index in [1.54, 1.807) is 6.07 Å². The van der Waals surface area contributed by atoms with Gasteiger partial charge in [-0.05, 0) is 29.8 Å². The first-order valence-electron chi connectivity index (χ1n) is 5.78. The molecule has 1 unspecified atom stereocenters. The SMILES string of the molecule is N#CC(C(=O)c1c(F)cc(Br)cc1F)c1cccc(F)c1. The molecule has 0 aliphatic carbocycles. The van der Waals surface area contributed by atoms with Gasteiger partial charge in [0.15, 0.2) is 5.78 Å². The highest BCUT2D eigenvalue weighted by molar-refractivity contribution is 9.10. The second kappa shape index (κ2) is 6.10. The van der Waals surface area contributed by atoms with Crippen molar-refractivity contribution in [2.75, 3.05) is 0 Å². The Balaban J connectivity index is 2.50. The van der Waals surface area contributed by atoms with Gasteiger partial charge in [-0.25, -0.2) is 13.2 Å². The van der Waals surface area contributed by atoms with Gasteiger partial charge in [-0.1, -0.05) is 28.1 Å². The van der Waals surface area contributed by atoms with E-state index in [-0.39, 0.29) is 10.0 Å². The number of rotatable bonds is 3. The summed E-state index contributed by atoms with van der Waals surface area (Å²) in [5.74, 6) is -5.33. The summed E-state index contributed by atoms with van der Waals surface area (Å²) >= 11 is 2.90. The largest absolute Gasteiger partial charge is 0.292 e. The van der Waals surface area contributed by atoms with E-state index in [4.69, 9.17) is 5.26 Å². The maximum Gasteiger partial charge on any atom is 0.190 e. The Morgan fingerprint density at radius 3 is 2.29 bits per heavy atom. The third-order valence-corrected chi connectivity index (χ3v) is 3.28. The van der Waals surface area contributed by atoms with Crippen LogP contribution in [0, 0.1) is 28.8 Å². The molecular formula is C15H7BrF3NO. The fourth-order valence-electron chi connectivity index (χ4n) is 1.89. The Kier molecular flexibility index (Phi) is 4.43. The number of carbonyl (C=O) groups is 1. The molecule has 0 aliphatic rings. The van der Waals surface area contributed by atoms with Crippen LogP contribution in [0.1, 0.15) is 21.8 Å². The average molecular weight is 354 g/mol. The van der Waals surface area contributed by atoms with Gasteiger partial charge in [0.25, 0.3) is 0 Å². The summed E-state index contributed by atoms with van der Waals surface area (Å²) in [5, 5.41) is 9.09. The zero-order valence-corrected chi connectivity index (χ0v) is 12.0. The topological polar surface area (TPSA) is 40.9 Å². The summed E-state index contributed by atoms with van der Waals surface area (Å²) in [6.45, 7) is 0. The van der Waals surface area contributed by atoms with Gasteiger partial charge < -0.3 is 0 Å². The molecule has 2 rings (SSSR count). The van der Waals surface area contributed by atoms with E-state index in [0.717, 1.165) is 24.3 Å². The number of hydrogen-bond donors (Lipinski definition) is 0. The predicted molar refractivity (Wildman–Crippen MR) is 73.1 cm³/mol. The van der Waals surface area contributed by atoms with E-state index >= 15 is 0 Å². The lowest BCUT2D eigenvalue weighted by atomic mass is 9.91. The van der Waals surface area contributed by atoms with Crippen molar-refractivity contribution in [2.45, 2.75) is 5.92 Å². The molecule has 0 spiro atoms. The highest BCUT2D eigenvalue weighted by Crippen LogP contribution is 2.26. The summed E-state index contributed by atoms with van der Waals surface area (Å²) < 4.78 is 40.9. The van der Waals surface area contributed by atoms with Crippen molar-refractivity contribution in [1.29, 1.82) is 5.26 Å². The van der Waals surface area contributed by atoms with Gasteiger partial charge in [-0.15, -0.1) is 0 Å². The minimum atomic E-state index is -1.48. The molecule has 2 nitrogen and oxygen atoms in total. The Bertz CT molecular complexity index is 732. The molecule has 1 atom stereocenters. The normalized spacial score (nSPS) is 11.8. The molecule has 2 aromatic rings. The molecule has 0 N–H and O–H groups in total. The zero-order chi connectivity index (χ0) is 15.6. The summed E-state index contributed by atoms with van der Waals surface area (Å²) in [7, 11) is 0. The van der Waals surface area contributed by atoms with Crippen molar-refractivity contribution < 1.29 is 18.0 Å². The fourth-order valence-corrected chi connectivity index (χ4v) is 2.29. The summed E-state index contributed by atoms with van der Waals surface area (Å²) in [6.07, 6.45) is 0. The van der Waals surface area contributed by atoms with E-state index in [2.05, 4.69) is 15.9 Å². The van der Waals surface area contributed by atoms with E-state index in [0.29, 0.717) is 0 Å². The standard InChI is InChI=1S/C15H7BrF3NO/c16-9-5-12(18)14(13(19)6-9)15(21)11(7-20)8-2-1-3-10(17)4-8/h1-6,11H. The van der Waals surface area contributed by atoms with Crippen LogP contribution in [0.2, 0.25) is 0 Å². The number of nitrogens with zero attached hydrogens (tertiary/aromatic N) is 1. The smallest absolute Gasteiger partial charge is 0.190 e. The van der Waals surface area contributed by atoms with Crippen molar-refractivity contribution in [1.82, 2.24) is 0 Å². The lowest BCUT2D eigenvalue weighted by Crippen LogP contribution is -2.15. The van der Waals surface area contributed by atoms with Gasteiger partial charge in [0.1, 0.15) is 23.4 Å². The van der Waals surface area contributed by atoms with Crippen LogP contribution in [0.25, 0.3) is 0 Å². The minimum Gasteiger partial charge on any atom is -0.292 e. The summed E-state index contributed by atoms with van der Waals surface area (Å²) in [6, 6.07) is 8.30. The highest BCUT2D eigenvalue weighted by atomic mass is 79.9. The Morgan fingerprint density at radius 1 is 1.14 bits per heavy atom. The molecule has 0 fully saturated rings. The third-order valence-electron chi connectivity index (χ3n) is 2.83. The molecule has 0 saturated carbocycles. The first-order valence-corrected chi connectivity index (χ1v) is 6.57. The Labute approximate surface area is 127 Å². The van der Waals surface area contributed by atoms with Crippen LogP contribution in [0.3, 0.4) is 0 Å². The molecule has 0 radical (unpaired) electrons. The van der Waals surface area contributed by atoms with E-state index in [1.807, 2.05) is 0 Å². The van der Waals surface area contributed by atoms with Crippen molar-refractivity contribution in [2.24, 2.45) is 0 Å². The maximum absolute atomic E-state index is 13.8. The van der Waals surface area contributed by atoms with E-state index in [9.17, 15) is 18.0 Å². The molecular weight excluding hydrogens is 347 g/mol. The predicted octanol–water partition coefficient (Wildman–Crippen LogP) is 4.36. The lowest BCUT2D eigenvalue weighted by Gasteiger charge is -2.10. The van der Waals surface area contributed by atoms with Crippen LogP contribution in [-0.2, 0) is 0 Å². The fraction of sp³-hybridized carbons (Fsp3) is 0.0667. The zero-order valence-electron chi connectivity index (χ0n) is 10.4. The van der Waals surface area contributed by atoms with Gasteiger partial charge in [-0.3, -0.25) is 4.79 Å². The average Bonchev–Trinajstić information content (AvgIpc) is 2.38.